The summed E-state index contributed by atoms with van der Waals surface area (Å²) in [6, 6.07) is 15.3. The van der Waals surface area contributed by atoms with Crippen molar-refractivity contribution in [3.63, 3.8) is 0 Å². The van der Waals surface area contributed by atoms with Crippen LogP contribution in [0.4, 0.5) is 17.1 Å². The molecule has 12 nitrogen and oxygen atoms in total. The zero-order valence-corrected chi connectivity index (χ0v) is 22.9. The molecule has 6 N–H and O–H groups in total. The van der Waals surface area contributed by atoms with E-state index < -0.39 is 30.4 Å². The number of nitrogen functional groups attached to an aromatic ring is 3. The van der Waals surface area contributed by atoms with Crippen LogP contribution in [-0.4, -0.2) is 65.1 Å². The SMILES string of the molecule is Nc1ccc(S(=O)(=O)[O-])cc1.Nc1ccc(S(=O)(=O)[O-])cc1.Nc1ccc(S(=O)(=O)[O-])cc1.[Bi+3]. The monoisotopic (exact) mass is 725 g/mol. The molecule has 0 aliphatic heterocycles. The number of rotatable bonds is 3. The van der Waals surface area contributed by atoms with Gasteiger partial charge in [-0.3, -0.25) is 0 Å². The summed E-state index contributed by atoms with van der Waals surface area (Å²) in [5, 5.41) is 0. The van der Waals surface area contributed by atoms with Crippen LogP contribution < -0.4 is 17.2 Å². The van der Waals surface area contributed by atoms with E-state index in [1.54, 1.807) is 0 Å². The van der Waals surface area contributed by atoms with Gasteiger partial charge >= 0.3 is 26.2 Å². The molecule has 2 radical (unpaired) electrons. The van der Waals surface area contributed by atoms with Crippen molar-refractivity contribution in [1.29, 1.82) is 0 Å². The van der Waals surface area contributed by atoms with E-state index in [0.717, 1.165) is 0 Å². The molecule has 182 valence electrons. The number of benzene rings is 3. The minimum absolute atomic E-state index is 0. The van der Waals surface area contributed by atoms with E-state index >= 15 is 0 Å². The second kappa shape index (κ2) is 12.9. The first-order chi connectivity index (χ1) is 15.0. The summed E-state index contributed by atoms with van der Waals surface area (Å²) in [5.41, 5.74) is 17.1. The first-order valence-corrected chi connectivity index (χ1v) is 12.7. The zero-order chi connectivity index (χ0) is 25.4. The van der Waals surface area contributed by atoms with Crippen LogP contribution in [0.25, 0.3) is 0 Å². The van der Waals surface area contributed by atoms with Gasteiger partial charge in [0.05, 0.1) is 14.7 Å². The van der Waals surface area contributed by atoms with Gasteiger partial charge in [-0.15, -0.1) is 0 Å². The van der Waals surface area contributed by atoms with Crippen LogP contribution in [0, 0.1) is 0 Å². The predicted octanol–water partition coefficient (Wildman–Crippen LogP) is 0.138. The van der Waals surface area contributed by atoms with Crippen molar-refractivity contribution in [2.75, 3.05) is 17.2 Å². The Morgan fingerprint density at radius 1 is 0.412 bits per heavy atom. The fourth-order valence-electron chi connectivity index (χ4n) is 1.90. The minimum Gasteiger partial charge on any atom is -0.744 e. The number of hydrogen-bond acceptors (Lipinski definition) is 12. The summed E-state index contributed by atoms with van der Waals surface area (Å²) in [7, 11) is -13.0. The standard InChI is InChI=1S/3C6H7NO3S.Bi/c3*7-5-1-3-6(4-2-5)11(8,9)10;/h3*1-4H,7H2,(H,8,9,10);/q;;;+3/p-3. The molecule has 0 unspecified atom stereocenters. The van der Waals surface area contributed by atoms with Gasteiger partial charge in [-0.1, -0.05) is 0 Å². The van der Waals surface area contributed by atoms with Gasteiger partial charge in [0.1, 0.15) is 30.4 Å². The summed E-state index contributed by atoms with van der Waals surface area (Å²) in [5.74, 6) is 0. The summed E-state index contributed by atoms with van der Waals surface area (Å²) < 4.78 is 93.1. The third kappa shape index (κ3) is 11.7. The fraction of sp³-hybridized carbons (Fsp3) is 0. The van der Waals surface area contributed by atoms with Crippen molar-refractivity contribution < 1.29 is 38.9 Å². The first-order valence-electron chi connectivity index (χ1n) is 8.44. The fourth-order valence-corrected chi connectivity index (χ4v) is 3.31. The third-order valence-corrected chi connectivity index (χ3v) is 6.05. The van der Waals surface area contributed by atoms with E-state index in [1.165, 1.54) is 72.8 Å². The second-order valence-corrected chi connectivity index (χ2v) is 10.2. The minimum atomic E-state index is -4.33. The van der Waals surface area contributed by atoms with Gasteiger partial charge in [-0.05, 0) is 72.8 Å². The van der Waals surface area contributed by atoms with Crippen LogP contribution in [0.3, 0.4) is 0 Å². The van der Waals surface area contributed by atoms with Crippen molar-refractivity contribution in [2.45, 2.75) is 14.7 Å². The molecule has 3 aromatic rings. The maximum absolute atomic E-state index is 10.3. The molecule has 3 rings (SSSR count). The van der Waals surface area contributed by atoms with Crippen LogP contribution in [-0.2, 0) is 30.4 Å². The van der Waals surface area contributed by atoms with Gasteiger partial charge in [0.25, 0.3) is 0 Å². The third-order valence-electron chi connectivity index (χ3n) is 3.51. The summed E-state index contributed by atoms with van der Waals surface area (Å²) in [6.07, 6.45) is 0. The quantitative estimate of drug-likeness (QED) is 0.185. The summed E-state index contributed by atoms with van der Waals surface area (Å²) >= 11 is 0. The average Bonchev–Trinajstić information content (AvgIpc) is 2.68. The van der Waals surface area contributed by atoms with Crippen molar-refractivity contribution in [2.24, 2.45) is 0 Å². The molecule has 0 fully saturated rings. The Morgan fingerprint density at radius 2 is 0.559 bits per heavy atom. The molecule has 3 aromatic carbocycles. The van der Waals surface area contributed by atoms with Crippen molar-refractivity contribution in [3.8, 4) is 0 Å². The predicted molar refractivity (Wildman–Crippen MR) is 122 cm³/mol. The maximum Gasteiger partial charge on any atom is 3.00 e. The number of hydrogen-bond donors (Lipinski definition) is 3. The molecule has 0 saturated heterocycles. The van der Waals surface area contributed by atoms with Crippen LogP contribution >= 0.6 is 0 Å². The van der Waals surface area contributed by atoms with Gasteiger partial charge in [-0.25, -0.2) is 25.3 Å². The molecule has 0 aromatic heterocycles. The molecule has 0 spiro atoms. The van der Waals surface area contributed by atoms with Crippen LogP contribution in [0.15, 0.2) is 87.5 Å². The Bertz CT molecular complexity index is 1200. The van der Waals surface area contributed by atoms with Gasteiger partial charge in [0, 0.05) is 17.1 Å². The van der Waals surface area contributed by atoms with Crippen LogP contribution in [0.2, 0.25) is 0 Å². The Kier molecular flexibility index (Phi) is 12.1. The van der Waals surface area contributed by atoms with Crippen molar-refractivity contribution in [3.05, 3.63) is 72.8 Å². The smallest absolute Gasteiger partial charge is 0.744 e. The number of nitrogens with two attached hydrogens (primary N) is 3. The van der Waals surface area contributed by atoms with Gasteiger partial charge in [-0.2, -0.15) is 0 Å². The number of anilines is 3. The van der Waals surface area contributed by atoms with E-state index in [0.29, 0.717) is 17.1 Å². The van der Waals surface area contributed by atoms with Gasteiger partial charge in [0.2, 0.25) is 0 Å². The Labute approximate surface area is 216 Å². The van der Waals surface area contributed by atoms with E-state index in [2.05, 4.69) is 0 Å². The Morgan fingerprint density at radius 3 is 0.676 bits per heavy atom. The normalized spacial score (nSPS) is 11.0. The topological polar surface area (TPSA) is 250 Å². The maximum atomic E-state index is 10.3. The molecule has 0 aliphatic carbocycles. The van der Waals surface area contributed by atoms with Crippen LogP contribution in [0.1, 0.15) is 0 Å². The average molecular weight is 726 g/mol. The van der Waals surface area contributed by atoms with E-state index in [9.17, 15) is 38.9 Å². The molecule has 0 amide bonds. The molecular formula is C18H18BiN3O9S3. The largest absolute Gasteiger partial charge is 3.00 e. The van der Waals surface area contributed by atoms with Crippen LogP contribution in [0.5, 0.6) is 0 Å². The van der Waals surface area contributed by atoms with Crippen molar-refractivity contribution >= 4 is 73.6 Å². The van der Waals surface area contributed by atoms with E-state index in [4.69, 9.17) is 17.2 Å². The summed E-state index contributed by atoms with van der Waals surface area (Å²) in [4.78, 5) is -0.773. The molecule has 0 saturated carbocycles. The van der Waals surface area contributed by atoms with Crippen molar-refractivity contribution in [1.82, 2.24) is 0 Å². The molecule has 0 bridgehead atoms. The molecule has 16 heteroatoms. The molecule has 0 aliphatic rings. The zero-order valence-electron chi connectivity index (χ0n) is 17.0. The van der Waals surface area contributed by atoms with Gasteiger partial charge < -0.3 is 30.9 Å². The Balaban J connectivity index is 0.000000473. The summed E-state index contributed by atoms with van der Waals surface area (Å²) in [6.45, 7) is 0. The first kappa shape index (κ1) is 31.7. The molecule has 0 heterocycles. The molecule has 34 heavy (non-hydrogen) atoms. The van der Waals surface area contributed by atoms with Gasteiger partial charge in [0.15, 0.2) is 0 Å². The molecule has 0 atom stereocenters. The second-order valence-electron chi connectivity index (χ2n) is 6.07. The Hall–Kier alpha value is -2.33. The molecular weight excluding hydrogens is 707 g/mol. The van der Waals surface area contributed by atoms with E-state index in [-0.39, 0.29) is 40.9 Å². The van der Waals surface area contributed by atoms with E-state index in [1.807, 2.05) is 0 Å².